The minimum atomic E-state index is -0.799. The van der Waals surface area contributed by atoms with Gasteiger partial charge in [-0.15, -0.1) is 0 Å². The highest BCUT2D eigenvalue weighted by Gasteiger charge is 2.27. The average Bonchev–Trinajstić information content (AvgIpc) is 2.61. The molecule has 1 heterocycles. The van der Waals surface area contributed by atoms with Crippen LogP contribution in [-0.2, 0) is 9.53 Å². The van der Waals surface area contributed by atoms with Gasteiger partial charge in [0.1, 0.15) is 11.6 Å². The summed E-state index contributed by atoms with van der Waals surface area (Å²) in [6, 6.07) is -0.393. The number of carboxylic acid groups (broad SMARTS) is 1. The summed E-state index contributed by atoms with van der Waals surface area (Å²) in [6.07, 6.45) is 2.81. The van der Waals surface area contributed by atoms with E-state index in [1.807, 2.05) is 34.6 Å². The van der Waals surface area contributed by atoms with Crippen LogP contribution < -0.4 is 5.32 Å². The Balaban J connectivity index is 2.54. The van der Waals surface area contributed by atoms with E-state index in [1.165, 1.54) is 0 Å². The maximum Gasteiger partial charge on any atom is 0.410 e. The first-order chi connectivity index (χ1) is 10.6. The number of carbonyl (C=O) groups is 2. The fourth-order valence-electron chi connectivity index (χ4n) is 2.77. The van der Waals surface area contributed by atoms with Gasteiger partial charge in [0.2, 0.25) is 0 Å². The predicted octanol–water partition coefficient (Wildman–Crippen LogP) is 2.86. The third-order valence-corrected chi connectivity index (χ3v) is 3.82. The summed E-state index contributed by atoms with van der Waals surface area (Å²) in [5.74, 6) is -0.473. The highest BCUT2D eigenvalue weighted by atomic mass is 16.6. The molecule has 0 saturated carbocycles. The molecule has 23 heavy (non-hydrogen) atoms. The maximum absolute atomic E-state index is 12.1. The van der Waals surface area contributed by atoms with E-state index >= 15 is 0 Å². The second-order valence-corrected chi connectivity index (χ2v) is 7.78. The standard InChI is InChI=1S/C17H32N2O4/c1-12(2)11-14(15(20)21)18-13-7-6-9-19(10-8-13)16(22)23-17(3,4)5/h12-14,18H,6-11H2,1-5H3,(H,20,21). The van der Waals surface area contributed by atoms with E-state index in [1.54, 1.807) is 4.90 Å². The van der Waals surface area contributed by atoms with Crippen molar-refractivity contribution in [3.63, 3.8) is 0 Å². The molecule has 1 saturated heterocycles. The minimum Gasteiger partial charge on any atom is -0.480 e. The summed E-state index contributed by atoms with van der Waals surface area (Å²) in [5, 5.41) is 12.6. The number of ether oxygens (including phenoxy) is 1. The van der Waals surface area contributed by atoms with E-state index in [4.69, 9.17) is 4.74 Å². The molecule has 6 nitrogen and oxygen atoms in total. The van der Waals surface area contributed by atoms with Crippen LogP contribution in [0.1, 0.15) is 60.3 Å². The lowest BCUT2D eigenvalue weighted by molar-refractivity contribution is -0.140. The first kappa shape index (κ1) is 19.7. The van der Waals surface area contributed by atoms with Gasteiger partial charge in [0.15, 0.2) is 0 Å². The lowest BCUT2D eigenvalue weighted by Crippen LogP contribution is -2.44. The van der Waals surface area contributed by atoms with Crippen LogP contribution in [0.5, 0.6) is 0 Å². The molecule has 1 amide bonds. The number of hydrogen-bond acceptors (Lipinski definition) is 4. The quantitative estimate of drug-likeness (QED) is 0.811. The third kappa shape index (κ3) is 7.68. The Morgan fingerprint density at radius 3 is 2.43 bits per heavy atom. The van der Waals surface area contributed by atoms with Crippen LogP contribution in [0.2, 0.25) is 0 Å². The lowest BCUT2D eigenvalue weighted by atomic mass is 10.0. The van der Waals surface area contributed by atoms with E-state index < -0.39 is 17.6 Å². The van der Waals surface area contributed by atoms with E-state index in [2.05, 4.69) is 5.32 Å². The number of aliphatic carboxylic acids is 1. The zero-order chi connectivity index (χ0) is 17.6. The number of rotatable bonds is 5. The Hall–Kier alpha value is -1.30. The first-order valence-corrected chi connectivity index (χ1v) is 8.55. The smallest absolute Gasteiger partial charge is 0.410 e. The van der Waals surface area contributed by atoms with E-state index in [0.717, 1.165) is 19.3 Å². The predicted molar refractivity (Wildman–Crippen MR) is 89.5 cm³/mol. The van der Waals surface area contributed by atoms with Crippen LogP contribution in [0, 0.1) is 5.92 Å². The molecule has 1 rings (SSSR count). The van der Waals surface area contributed by atoms with E-state index in [9.17, 15) is 14.7 Å². The Morgan fingerprint density at radius 1 is 1.26 bits per heavy atom. The van der Waals surface area contributed by atoms with Gasteiger partial charge < -0.3 is 20.1 Å². The van der Waals surface area contributed by atoms with Crippen molar-refractivity contribution in [2.75, 3.05) is 13.1 Å². The number of carbonyl (C=O) groups excluding carboxylic acids is 1. The van der Waals surface area contributed by atoms with Gasteiger partial charge in [-0.05, 0) is 52.4 Å². The van der Waals surface area contributed by atoms with Gasteiger partial charge in [-0.25, -0.2) is 4.79 Å². The van der Waals surface area contributed by atoms with Crippen LogP contribution in [0.4, 0.5) is 4.79 Å². The highest BCUT2D eigenvalue weighted by molar-refractivity contribution is 5.73. The second kappa shape index (κ2) is 8.52. The van der Waals surface area contributed by atoms with Crippen molar-refractivity contribution in [3.05, 3.63) is 0 Å². The number of nitrogens with zero attached hydrogens (tertiary/aromatic N) is 1. The van der Waals surface area contributed by atoms with Crippen LogP contribution >= 0.6 is 0 Å². The minimum absolute atomic E-state index is 0.127. The van der Waals surface area contributed by atoms with Crippen LogP contribution in [-0.4, -0.2) is 52.8 Å². The molecule has 0 aliphatic carbocycles. The van der Waals surface area contributed by atoms with Crippen molar-refractivity contribution in [1.29, 1.82) is 0 Å². The van der Waals surface area contributed by atoms with Gasteiger partial charge in [0.05, 0.1) is 0 Å². The topological polar surface area (TPSA) is 78.9 Å². The molecule has 0 aromatic carbocycles. The highest BCUT2D eigenvalue weighted by Crippen LogP contribution is 2.17. The van der Waals surface area contributed by atoms with Crippen molar-refractivity contribution in [2.45, 2.75) is 78.0 Å². The van der Waals surface area contributed by atoms with Gasteiger partial charge in [-0.3, -0.25) is 4.79 Å². The van der Waals surface area contributed by atoms with Crippen LogP contribution in [0.25, 0.3) is 0 Å². The Bertz CT molecular complexity index is 404. The van der Waals surface area contributed by atoms with E-state index in [0.29, 0.717) is 25.4 Å². The molecule has 0 bridgehead atoms. The lowest BCUT2D eigenvalue weighted by Gasteiger charge is -2.26. The van der Waals surface area contributed by atoms with Crippen LogP contribution in [0.15, 0.2) is 0 Å². The molecule has 2 unspecified atom stereocenters. The number of amides is 1. The Morgan fingerprint density at radius 2 is 1.91 bits per heavy atom. The van der Waals surface area contributed by atoms with Crippen molar-refractivity contribution in [1.82, 2.24) is 10.2 Å². The monoisotopic (exact) mass is 328 g/mol. The fourth-order valence-corrected chi connectivity index (χ4v) is 2.77. The molecule has 0 spiro atoms. The van der Waals surface area contributed by atoms with Gasteiger partial charge in [-0.1, -0.05) is 13.8 Å². The fraction of sp³-hybridized carbons (Fsp3) is 0.882. The SMILES string of the molecule is CC(C)CC(NC1CCCN(C(=O)OC(C)(C)C)CC1)C(=O)O. The van der Waals surface area contributed by atoms with Gasteiger partial charge in [0.25, 0.3) is 0 Å². The summed E-state index contributed by atoms with van der Waals surface area (Å²) < 4.78 is 5.41. The average molecular weight is 328 g/mol. The summed E-state index contributed by atoms with van der Waals surface area (Å²) in [4.78, 5) is 25.2. The molecule has 134 valence electrons. The molecule has 2 N–H and O–H groups in total. The van der Waals surface area contributed by atoms with Gasteiger partial charge in [0, 0.05) is 19.1 Å². The summed E-state index contributed by atoms with van der Waals surface area (Å²) in [7, 11) is 0. The van der Waals surface area contributed by atoms with Crippen LogP contribution in [0.3, 0.4) is 0 Å². The number of likely N-dealkylation sites (tertiary alicyclic amines) is 1. The number of hydrogen-bond donors (Lipinski definition) is 2. The molecule has 0 aromatic heterocycles. The second-order valence-electron chi connectivity index (χ2n) is 7.78. The Labute approximate surface area is 139 Å². The van der Waals surface area contributed by atoms with Crippen molar-refractivity contribution in [2.24, 2.45) is 5.92 Å². The summed E-state index contributed by atoms with van der Waals surface area (Å²) in [6.45, 7) is 10.9. The molecule has 2 atom stereocenters. The van der Waals surface area contributed by atoms with Crippen molar-refractivity contribution >= 4 is 12.1 Å². The summed E-state index contributed by atoms with van der Waals surface area (Å²) >= 11 is 0. The molecule has 0 aromatic rings. The largest absolute Gasteiger partial charge is 0.480 e. The third-order valence-electron chi connectivity index (χ3n) is 3.82. The molecule has 1 aliphatic heterocycles. The normalized spacial score (nSPS) is 21.0. The molecule has 0 radical (unpaired) electrons. The number of carboxylic acids is 1. The molecule has 1 aliphatic rings. The van der Waals surface area contributed by atoms with Crippen molar-refractivity contribution in [3.8, 4) is 0 Å². The molecular weight excluding hydrogens is 296 g/mol. The zero-order valence-corrected chi connectivity index (χ0v) is 15.1. The molecule has 1 fully saturated rings. The van der Waals surface area contributed by atoms with Crippen molar-refractivity contribution < 1.29 is 19.4 Å². The maximum atomic E-state index is 12.1. The molecule has 6 heteroatoms. The summed E-state index contributed by atoms with van der Waals surface area (Å²) in [5.41, 5.74) is -0.493. The van der Waals surface area contributed by atoms with Gasteiger partial charge >= 0.3 is 12.1 Å². The number of nitrogens with one attached hydrogen (secondary N) is 1. The zero-order valence-electron chi connectivity index (χ0n) is 15.1. The van der Waals surface area contributed by atoms with E-state index in [-0.39, 0.29) is 12.1 Å². The Kier molecular flexibility index (Phi) is 7.32. The first-order valence-electron chi connectivity index (χ1n) is 8.55. The van der Waals surface area contributed by atoms with Gasteiger partial charge in [-0.2, -0.15) is 0 Å². The molecular formula is C17H32N2O4.